The van der Waals surface area contributed by atoms with Gasteiger partial charge in [-0.05, 0) is 22.3 Å². The van der Waals surface area contributed by atoms with Crippen LogP contribution in [0.1, 0.15) is 24.0 Å². The minimum absolute atomic E-state index is 0.0330. The second-order valence-electron chi connectivity index (χ2n) is 8.07. The van der Waals surface area contributed by atoms with Crippen LogP contribution in [0.2, 0.25) is 0 Å². The molecule has 0 saturated carbocycles. The average molecular weight is 455 g/mol. The summed E-state index contributed by atoms with van der Waals surface area (Å²) in [5.41, 5.74) is 4.58. The van der Waals surface area contributed by atoms with Gasteiger partial charge in [-0.3, -0.25) is 4.79 Å². The summed E-state index contributed by atoms with van der Waals surface area (Å²) >= 11 is 1.53. The van der Waals surface area contributed by atoms with Crippen molar-refractivity contribution in [1.82, 2.24) is 10.2 Å². The van der Waals surface area contributed by atoms with E-state index in [2.05, 4.69) is 29.6 Å². The van der Waals surface area contributed by atoms with Crippen LogP contribution in [-0.4, -0.2) is 65.2 Å². The van der Waals surface area contributed by atoms with Gasteiger partial charge < -0.3 is 20.1 Å². The van der Waals surface area contributed by atoms with Crippen LogP contribution in [0, 0.1) is 5.92 Å². The number of alkyl carbamates (subject to hydrolysis) is 1. The lowest BCUT2D eigenvalue weighted by molar-refractivity contribution is -0.150. The maximum absolute atomic E-state index is 12.7. The normalized spacial score (nSPS) is 18.4. The van der Waals surface area contributed by atoms with E-state index in [0.29, 0.717) is 18.1 Å². The quantitative estimate of drug-likeness (QED) is 0.696. The fourth-order valence-electron chi connectivity index (χ4n) is 4.33. The van der Waals surface area contributed by atoms with E-state index in [1.165, 1.54) is 16.7 Å². The SMILES string of the molecule is CC(CNC(=O)OCC1c2ccccc2-c2ccccc21)C(=O)N1CCSCC1C(=O)O. The number of aliphatic carboxylic acids is 1. The van der Waals surface area contributed by atoms with Crippen molar-refractivity contribution in [3.8, 4) is 11.1 Å². The van der Waals surface area contributed by atoms with Gasteiger partial charge >= 0.3 is 12.1 Å². The number of benzene rings is 2. The molecule has 8 heteroatoms. The summed E-state index contributed by atoms with van der Waals surface area (Å²) in [6, 6.07) is 15.4. The zero-order valence-electron chi connectivity index (χ0n) is 17.8. The van der Waals surface area contributed by atoms with Crippen LogP contribution in [0.25, 0.3) is 11.1 Å². The first-order valence-corrected chi connectivity index (χ1v) is 11.8. The number of nitrogens with one attached hydrogen (secondary N) is 1. The maximum Gasteiger partial charge on any atom is 0.407 e. The van der Waals surface area contributed by atoms with Gasteiger partial charge in [-0.1, -0.05) is 55.5 Å². The third kappa shape index (κ3) is 4.46. The highest BCUT2D eigenvalue weighted by Gasteiger charge is 2.34. The maximum atomic E-state index is 12.7. The van der Waals surface area contributed by atoms with Gasteiger partial charge in [-0.25, -0.2) is 9.59 Å². The van der Waals surface area contributed by atoms with Crippen LogP contribution in [0.5, 0.6) is 0 Å². The first kappa shape index (κ1) is 22.2. The molecule has 2 N–H and O–H groups in total. The monoisotopic (exact) mass is 454 g/mol. The lowest BCUT2D eigenvalue weighted by Gasteiger charge is -2.34. The Labute approximate surface area is 191 Å². The minimum Gasteiger partial charge on any atom is -0.480 e. The van der Waals surface area contributed by atoms with E-state index in [1.54, 1.807) is 6.92 Å². The molecule has 0 spiro atoms. The van der Waals surface area contributed by atoms with E-state index in [4.69, 9.17) is 4.74 Å². The smallest absolute Gasteiger partial charge is 0.407 e. The van der Waals surface area contributed by atoms with Gasteiger partial charge in [0, 0.05) is 30.5 Å². The van der Waals surface area contributed by atoms with Crippen molar-refractivity contribution >= 4 is 29.7 Å². The molecule has 7 nitrogen and oxygen atoms in total. The number of hydrogen-bond donors (Lipinski definition) is 2. The molecule has 168 valence electrons. The largest absolute Gasteiger partial charge is 0.480 e. The summed E-state index contributed by atoms with van der Waals surface area (Å²) in [6.07, 6.45) is -0.588. The Morgan fingerprint density at radius 3 is 2.38 bits per heavy atom. The number of thioether (sulfide) groups is 1. The van der Waals surface area contributed by atoms with Crippen LogP contribution in [-0.2, 0) is 14.3 Å². The van der Waals surface area contributed by atoms with Crippen molar-refractivity contribution < 1.29 is 24.2 Å². The van der Waals surface area contributed by atoms with Gasteiger partial charge in [-0.2, -0.15) is 11.8 Å². The van der Waals surface area contributed by atoms with Gasteiger partial charge in [-0.15, -0.1) is 0 Å². The highest BCUT2D eigenvalue weighted by atomic mass is 32.2. The number of ether oxygens (including phenoxy) is 1. The summed E-state index contributed by atoms with van der Waals surface area (Å²) in [6.45, 7) is 2.38. The Balaban J connectivity index is 1.32. The van der Waals surface area contributed by atoms with Crippen LogP contribution in [0.3, 0.4) is 0 Å². The Bertz CT molecular complexity index is 981. The standard InChI is InChI=1S/C24H26N2O5S/c1-15(22(27)26-10-11-32-14-21(26)23(28)29)12-25-24(30)31-13-20-18-8-4-2-6-16(18)17-7-3-5-9-19(17)20/h2-9,15,20-21H,10-14H2,1H3,(H,25,30)(H,28,29). The molecule has 2 aliphatic rings. The van der Waals surface area contributed by atoms with E-state index in [9.17, 15) is 19.5 Å². The van der Waals surface area contributed by atoms with Crippen molar-refractivity contribution in [3.63, 3.8) is 0 Å². The molecule has 1 heterocycles. The molecule has 32 heavy (non-hydrogen) atoms. The number of fused-ring (bicyclic) bond motifs is 3. The zero-order chi connectivity index (χ0) is 22.7. The van der Waals surface area contributed by atoms with E-state index >= 15 is 0 Å². The summed E-state index contributed by atoms with van der Waals surface area (Å²) in [5, 5.41) is 12.0. The second-order valence-corrected chi connectivity index (χ2v) is 9.22. The number of hydrogen-bond acceptors (Lipinski definition) is 5. The van der Waals surface area contributed by atoms with E-state index in [-0.39, 0.29) is 25.0 Å². The average Bonchev–Trinajstić information content (AvgIpc) is 3.14. The van der Waals surface area contributed by atoms with Crippen LogP contribution in [0.4, 0.5) is 4.79 Å². The molecule has 0 bridgehead atoms. The Morgan fingerprint density at radius 1 is 1.12 bits per heavy atom. The van der Waals surface area contributed by atoms with Crippen molar-refractivity contribution in [3.05, 3.63) is 59.7 Å². The van der Waals surface area contributed by atoms with Gasteiger partial charge in [0.25, 0.3) is 0 Å². The Kier molecular flexibility index (Phi) is 6.69. The van der Waals surface area contributed by atoms with Gasteiger partial charge in [0.1, 0.15) is 12.6 Å². The lowest BCUT2D eigenvalue weighted by Crippen LogP contribution is -2.53. The second kappa shape index (κ2) is 9.65. The third-order valence-corrected chi connectivity index (χ3v) is 7.04. The molecule has 1 aliphatic carbocycles. The van der Waals surface area contributed by atoms with Gasteiger partial charge in [0.15, 0.2) is 0 Å². The number of amides is 2. The molecule has 2 aromatic rings. The number of carbonyl (C=O) groups excluding carboxylic acids is 2. The predicted molar refractivity (Wildman–Crippen MR) is 123 cm³/mol. The fraction of sp³-hybridized carbons (Fsp3) is 0.375. The van der Waals surface area contributed by atoms with E-state index in [1.807, 2.05) is 24.3 Å². The summed E-state index contributed by atoms with van der Waals surface area (Å²) in [5.74, 6) is -0.746. The first-order chi connectivity index (χ1) is 15.5. The van der Waals surface area contributed by atoms with E-state index < -0.39 is 24.0 Å². The zero-order valence-corrected chi connectivity index (χ0v) is 18.6. The molecule has 2 atom stereocenters. The van der Waals surface area contributed by atoms with Gasteiger partial charge in [0.05, 0.1) is 5.92 Å². The molecule has 0 aromatic heterocycles. The van der Waals surface area contributed by atoms with Crippen molar-refractivity contribution in [2.45, 2.75) is 18.9 Å². The van der Waals surface area contributed by atoms with Crippen LogP contribution in [0.15, 0.2) is 48.5 Å². The molecule has 1 saturated heterocycles. The molecule has 4 rings (SSSR count). The predicted octanol–water partition coefficient (Wildman–Crippen LogP) is 3.19. The molecule has 2 unspecified atom stereocenters. The topological polar surface area (TPSA) is 95.9 Å². The van der Waals surface area contributed by atoms with Crippen molar-refractivity contribution in [1.29, 1.82) is 0 Å². The fourth-order valence-corrected chi connectivity index (χ4v) is 5.37. The molecule has 2 amide bonds. The number of carboxylic acid groups (broad SMARTS) is 1. The summed E-state index contributed by atoms with van der Waals surface area (Å²) < 4.78 is 5.50. The lowest BCUT2D eigenvalue weighted by atomic mass is 9.98. The summed E-state index contributed by atoms with van der Waals surface area (Å²) in [4.78, 5) is 37.9. The number of nitrogens with zero attached hydrogens (tertiary/aromatic N) is 1. The third-order valence-electron chi connectivity index (χ3n) is 6.01. The molecule has 0 radical (unpaired) electrons. The molecular formula is C24H26N2O5S. The van der Waals surface area contributed by atoms with Crippen molar-refractivity contribution in [2.75, 3.05) is 31.2 Å². The van der Waals surface area contributed by atoms with Crippen LogP contribution < -0.4 is 5.32 Å². The Morgan fingerprint density at radius 2 is 1.75 bits per heavy atom. The number of rotatable bonds is 6. The van der Waals surface area contributed by atoms with Crippen molar-refractivity contribution in [2.24, 2.45) is 5.92 Å². The highest BCUT2D eigenvalue weighted by Crippen LogP contribution is 2.44. The molecule has 1 fully saturated rings. The van der Waals surface area contributed by atoms with Gasteiger partial charge in [0.2, 0.25) is 5.91 Å². The number of carbonyl (C=O) groups is 3. The minimum atomic E-state index is -0.998. The first-order valence-electron chi connectivity index (χ1n) is 10.7. The summed E-state index contributed by atoms with van der Waals surface area (Å²) in [7, 11) is 0. The van der Waals surface area contributed by atoms with Crippen LogP contribution >= 0.6 is 11.8 Å². The highest BCUT2D eigenvalue weighted by molar-refractivity contribution is 7.99. The Hall–Kier alpha value is -3.00. The molecule has 2 aromatic carbocycles. The molecular weight excluding hydrogens is 428 g/mol. The molecule has 1 aliphatic heterocycles. The van der Waals surface area contributed by atoms with E-state index in [0.717, 1.165) is 22.3 Å². The number of carboxylic acids is 1.